The van der Waals surface area contributed by atoms with Crippen LogP contribution in [0.15, 0.2) is 12.1 Å². The van der Waals surface area contributed by atoms with E-state index in [4.69, 9.17) is 22.1 Å². The van der Waals surface area contributed by atoms with Crippen molar-refractivity contribution in [1.82, 2.24) is 0 Å². The summed E-state index contributed by atoms with van der Waals surface area (Å²) >= 11 is 6.07. The fraction of sp³-hybridized carbons (Fsp3) is 0.333. The van der Waals surface area contributed by atoms with E-state index in [0.29, 0.717) is 17.3 Å². The molecule has 0 aromatic heterocycles. The van der Waals surface area contributed by atoms with Crippen molar-refractivity contribution in [3.8, 4) is 0 Å². The first-order chi connectivity index (χ1) is 6.20. The second-order valence-corrected chi connectivity index (χ2v) is 3.06. The molecule has 0 bridgehead atoms. The van der Waals surface area contributed by atoms with Crippen LogP contribution in [0.4, 0.5) is 11.4 Å². The summed E-state index contributed by atoms with van der Waals surface area (Å²) < 4.78 is 5.00. The van der Waals surface area contributed by atoms with Gasteiger partial charge in [-0.15, -0.1) is 0 Å². The Hall–Kier alpha value is -0.930. The first-order valence-electron chi connectivity index (χ1n) is 3.94. The van der Waals surface area contributed by atoms with Crippen LogP contribution in [0.2, 0.25) is 5.02 Å². The van der Waals surface area contributed by atoms with Crippen LogP contribution in [0.25, 0.3) is 0 Å². The third-order valence-electron chi connectivity index (χ3n) is 1.80. The minimum absolute atomic E-state index is 0.494. The summed E-state index contributed by atoms with van der Waals surface area (Å²) in [4.78, 5) is 0. The van der Waals surface area contributed by atoms with Crippen LogP contribution in [-0.2, 0) is 11.3 Å². The Bertz CT molecular complexity index is 302. The van der Waals surface area contributed by atoms with Crippen LogP contribution >= 0.6 is 11.6 Å². The number of benzene rings is 1. The summed E-state index contributed by atoms with van der Waals surface area (Å²) in [5.41, 5.74) is 8.05. The van der Waals surface area contributed by atoms with Crippen LogP contribution in [0.1, 0.15) is 5.56 Å². The molecule has 0 radical (unpaired) electrons. The molecule has 0 aliphatic carbocycles. The number of hydrogen-bond acceptors (Lipinski definition) is 3. The van der Waals surface area contributed by atoms with E-state index in [1.807, 2.05) is 12.1 Å². The molecule has 0 saturated heterocycles. The normalized spacial score (nSPS) is 10.1. The molecular formula is C9H13ClN2O. The Morgan fingerprint density at radius 1 is 1.54 bits per heavy atom. The van der Waals surface area contributed by atoms with Crippen molar-refractivity contribution in [1.29, 1.82) is 0 Å². The summed E-state index contributed by atoms with van der Waals surface area (Å²) in [5, 5.41) is 3.58. The van der Waals surface area contributed by atoms with E-state index in [0.717, 1.165) is 11.3 Å². The molecule has 0 aliphatic heterocycles. The maximum Gasteiger partial charge on any atom is 0.0764 e. The number of anilines is 2. The fourth-order valence-corrected chi connectivity index (χ4v) is 1.48. The van der Waals surface area contributed by atoms with Crippen LogP contribution in [-0.4, -0.2) is 14.2 Å². The minimum atomic E-state index is 0.494. The van der Waals surface area contributed by atoms with Gasteiger partial charge in [-0.3, -0.25) is 0 Å². The van der Waals surface area contributed by atoms with Gasteiger partial charge in [-0.25, -0.2) is 0 Å². The summed E-state index contributed by atoms with van der Waals surface area (Å²) in [6.45, 7) is 0.494. The summed E-state index contributed by atoms with van der Waals surface area (Å²) in [6.07, 6.45) is 0. The van der Waals surface area contributed by atoms with Gasteiger partial charge in [-0.2, -0.15) is 0 Å². The summed E-state index contributed by atoms with van der Waals surface area (Å²) in [5.74, 6) is 0. The SMILES string of the molecule is CNc1c(N)ccc(COC)c1Cl. The molecule has 1 aromatic rings. The van der Waals surface area contributed by atoms with Crippen LogP contribution in [0.5, 0.6) is 0 Å². The maximum atomic E-state index is 6.07. The molecule has 0 spiro atoms. The molecule has 0 saturated carbocycles. The van der Waals surface area contributed by atoms with E-state index in [2.05, 4.69) is 5.32 Å². The van der Waals surface area contributed by atoms with Gasteiger partial charge >= 0.3 is 0 Å². The van der Waals surface area contributed by atoms with Gasteiger partial charge in [-0.05, 0) is 11.6 Å². The third-order valence-corrected chi connectivity index (χ3v) is 2.24. The van der Waals surface area contributed by atoms with E-state index in [9.17, 15) is 0 Å². The topological polar surface area (TPSA) is 47.3 Å². The summed E-state index contributed by atoms with van der Waals surface area (Å²) in [7, 11) is 3.42. The molecule has 0 fully saturated rings. The third kappa shape index (κ3) is 2.05. The average molecular weight is 201 g/mol. The largest absolute Gasteiger partial charge is 0.397 e. The highest BCUT2D eigenvalue weighted by atomic mass is 35.5. The standard InChI is InChI=1S/C9H13ClN2O/c1-12-9-7(11)4-3-6(5-13-2)8(9)10/h3-4,12H,5,11H2,1-2H3. The molecule has 0 aliphatic rings. The first-order valence-corrected chi connectivity index (χ1v) is 4.32. The van der Waals surface area contributed by atoms with Crippen molar-refractivity contribution in [2.24, 2.45) is 0 Å². The monoisotopic (exact) mass is 200 g/mol. The summed E-state index contributed by atoms with van der Waals surface area (Å²) in [6, 6.07) is 3.67. The highest BCUT2D eigenvalue weighted by Crippen LogP contribution is 2.31. The van der Waals surface area contributed by atoms with Gasteiger partial charge in [0.2, 0.25) is 0 Å². The quantitative estimate of drug-likeness (QED) is 0.735. The first kappa shape index (κ1) is 10.2. The number of methoxy groups -OCH3 is 1. The van der Waals surface area contributed by atoms with Gasteiger partial charge in [0.1, 0.15) is 0 Å². The number of ether oxygens (including phenoxy) is 1. The van der Waals surface area contributed by atoms with Gasteiger partial charge in [0, 0.05) is 14.2 Å². The lowest BCUT2D eigenvalue weighted by atomic mass is 10.2. The van der Waals surface area contributed by atoms with Gasteiger partial charge in [-0.1, -0.05) is 17.7 Å². The number of nitrogen functional groups attached to an aromatic ring is 1. The van der Waals surface area contributed by atoms with Crippen molar-refractivity contribution in [3.05, 3.63) is 22.7 Å². The molecule has 3 N–H and O–H groups in total. The lowest BCUT2D eigenvalue weighted by Crippen LogP contribution is -1.99. The molecule has 13 heavy (non-hydrogen) atoms. The van der Waals surface area contributed by atoms with Gasteiger partial charge in [0.15, 0.2) is 0 Å². The highest BCUT2D eigenvalue weighted by Gasteiger charge is 2.07. The molecule has 0 atom stereocenters. The molecule has 0 heterocycles. The minimum Gasteiger partial charge on any atom is -0.397 e. The number of nitrogens with one attached hydrogen (secondary N) is 1. The Morgan fingerprint density at radius 2 is 2.23 bits per heavy atom. The Labute approximate surface area is 82.8 Å². The highest BCUT2D eigenvalue weighted by molar-refractivity contribution is 6.34. The lowest BCUT2D eigenvalue weighted by molar-refractivity contribution is 0.185. The predicted octanol–water partition coefficient (Wildman–Crippen LogP) is 2.11. The van der Waals surface area contributed by atoms with E-state index < -0.39 is 0 Å². The molecular weight excluding hydrogens is 188 g/mol. The second kappa shape index (κ2) is 4.35. The average Bonchev–Trinajstić information content (AvgIpc) is 2.11. The maximum absolute atomic E-state index is 6.07. The van der Waals surface area contributed by atoms with Crippen LogP contribution in [0.3, 0.4) is 0 Å². The smallest absolute Gasteiger partial charge is 0.0764 e. The zero-order valence-electron chi connectivity index (χ0n) is 7.73. The molecule has 0 unspecified atom stereocenters. The van der Waals surface area contributed by atoms with Crippen molar-refractivity contribution in [2.45, 2.75) is 6.61 Å². The van der Waals surface area contributed by atoms with Crippen molar-refractivity contribution < 1.29 is 4.74 Å². The number of hydrogen-bond donors (Lipinski definition) is 2. The Balaban J connectivity index is 3.11. The Morgan fingerprint density at radius 3 is 2.77 bits per heavy atom. The second-order valence-electron chi connectivity index (χ2n) is 2.69. The molecule has 1 rings (SSSR count). The van der Waals surface area contributed by atoms with Crippen molar-refractivity contribution in [3.63, 3.8) is 0 Å². The molecule has 3 nitrogen and oxygen atoms in total. The van der Waals surface area contributed by atoms with Gasteiger partial charge < -0.3 is 15.8 Å². The van der Waals surface area contributed by atoms with E-state index >= 15 is 0 Å². The lowest BCUT2D eigenvalue weighted by Gasteiger charge is -2.11. The predicted molar refractivity (Wildman–Crippen MR) is 56.1 cm³/mol. The Kier molecular flexibility index (Phi) is 3.39. The molecule has 1 aromatic carbocycles. The van der Waals surface area contributed by atoms with E-state index in [-0.39, 0.29) is 0 Å². The number of halogens is 1. The molecule has 4 heteroatoms. The number of rotatable bonds is 3. The van der Waals surface area contributed by atoms with Gasteiger partial charge in [0.25, 0.3) is 0 Å². The zero-order chi connectivity index (χ0) is 9.84. The molecule has 72 valence electrons. The van der Waals surface area contributed by atoms with Crippen LogP contribution in [0, 0.1) is 0 Å². The van der Waals surface area contributed by atoms with E-state index in [1.165, 1.54) is 0 Å². The van der Waals surface area contributed by atoms with Crippen molar-refractivity contribution >= 4 is 23.0 Å². The van der Waals surface area contributed by atoms with E-state index in [1.54, 1.807) is 14.2 Å². The van der Waals surface area contributed by atoms with Gasteiger partial charge in [0.05, 0.1) is 23.0 Å². The fourth-order valence-electron chi connectivity index (χ4n) is 1.16. The number of nitrogens with two attached hydrogens (primary N) is 1. The molecule has 0 amide bonds. The zero-order valence-corrected chi connectivity index (χ0v) is 8.48. The van der Waals surface area contributed by atoms with Crippen molar-refractivity contribution in [2.75, 3.05) is 25.2 Å². The van der Waals surface area contributed by atoms with Crippen LogP contribution < -0.4 is 11.1 Å².